The molecule has 1 saturated carbocycles. The van der Waals surface area contributed by atoms with E-state index in [2.05, 4.69) is 21.2 Å². The van der Waals surface area contributed by atoms with Crippen molar-refractivity contribution < 1.29 is 14.7 Å². The molecule has 6 heteroatoms. The van der Waals surface area contributed by atoms with Gasteiger partial charge in [0.05, 0.1) is 6.42 Å². The zero-order chi connectivity index (χ0) is 14.7. The normalized spacial score (nSPS) is 13.9. The molecule has 2 rings (SSSR count). The molecule has 1 fully saturated rings. The van der Waals surface area contributed by atoms with Crippen molar-refractivity contribution in [2.45, 2.75) is 32.2 Å². The molecule has 0 radical (unpaired) electrons. The van der Waals surface area contributed by atoms with Crippen LogP contribution in [0, 0.1) is 6.92 Å². The van der Waals surface area contributed by atoms with E-state index in [9.17, 15) is 9.59 Å². The first-order valence-electron chi connectivity index (χ1n) is 6.53. The van der Waals surface area contributed by atoms with Crippen molar-refractivity contribution in [2.24, 2.45) is 0 Å². The molecule has 0 heterocycles. The molecule has 0 aromatic heterocycles. The van der Waals surface area contributed by atoms with Crippen LogP contribution in [0.3, 0.4) is 0 Å². The third kappa shape index (κ3) is 3.96. The number of hydrogen-bond acceptors (Lipinski definition) is 2. The maximum atomic E-state index is 12.2. The van der Waals surface area contributed by atoms with Crippen LogP contribution in [0.5, 0.6) is 0 Å². The van der Waals surface area contributed by atoms with E-state index in [4.69, 9.17) is 5.11 Å². The molecule has 0 aliphatic heterocycles. The summed E-state index contributed by atoms with van der Waals surface area (Å²) < 4.78 is 0.929. The predicted octanol–water partition coefficient (Wildman–Crippen LogP) is 3.23. The summed E-state index contributed by atoms with van der Waals surface area (Å²) in [5.74, 6) is -0.887. The maximum absolute atomic E-state index is 12.2. The molecular formula is C14H17BrN2O3. The summed E-state index contributed by atoms with van der Waals surface area (Å²) in [5, 5.41) is 11.6. The quantitative estimate of drug-likeness (QED) is 0.864. The number of nitrogens with zero attached hydrogens (tertiary/aromatic N) is 1. The standard InChI is InChI=1S/C14H17BrN2O3/c1-9-2-3-10(8-12(9)15)16-14(20)17(11-4-5-11)7-6-13(18)19/h2-3,8,11H,4-7H2,1H3,(H,16,20)(H,18,19). The van der Waals surface area contributed by atoms with Crippen molar-refractivity contribution in [3.8, 4) is 0 Å². The van der Waals surface area contributed by atoms with Crippen LogP contribution in [-0.2, 0) is 4.79 Å². The van der Waals surface area contributed by atoms with E-state index in [0.29, 0.717) is 5.69 Å². The molecule has 0 unspecified atom stereocenters. The van der Waals surface area contributed by atoms with Gasteiger partial charge in [-0.1, -0.05) is 22.0 Å². The number of aryl methyl sites for hydroxylation is 1. The Morgan fingerprint density at radius 1 is 1.45 bits per heavy atom. The smallest absolute Gasteiger partial charge is 0.322 e. The van der Waals surface area contributed by atoms with Crippen LogP contribution in [0.15, 0.2) is 22.7 Å². The number of rotatable bonds is 5. The van der Waals surface area contributed by atoms with Gasteiger partial charge < -0.3 is 15.3 Å². The molecule has 1 aliphatic rings. The number of carboxylic acid groups (broad SMARTS) is 1. The van der Waals surface area contributed by atoms with Gasteiger partial charge in [0.2, 0.25) is 0 Å². The van der Waals surface area contributed by atoms with Gasteiger partial charge in [-0.15, -0.1) is 0 Å². The Labute approximate surface area is 126 Å². The second-order valence-electron chi connectivity index (χ2n) is 4.96. The minimum atomic E-state index is -0.887. The van der Waals surface area contributed by atoms with Crippen LogP contribution in [-0.4, -0.2) is 34.6 Å². The number of carbonyl (C=O) groups excluding carboxylic acids is 1. The number of amides is 2. The lowest BCUT2D eigenvalue weighted by Gasteiger charge is -2.22. The molecule has 5 nitrogen and oxygen atoms in total. The molecule has 1 aliphatic carbocycles. The minimum Gasteiger partial charge on any atom is -0.481 e. The Balaban J connectivity index is 2.00. The zero-order valence-corrected chi connectivity index (χ0v) is 12.8. The van der Waals surface area contributed by atoms with E-state index in [1.165, 1.54) is 0 Å². The summed E-state index contributed by atoms with van der Waals surface area (Å²) in [6.45, 7) is 2.22. The molecule has 0 spiro atoms. The average Bonchev–Trinajstić information content (AvgIpc) is 3.18. The lowest BCUT2D eigenvalue weighted by atomic mass is 10.2. The molecule has 1 aromatic rings. The zero-order valence-electron chi connectivity index (χ0n) is 11.2. The van der Waals surface area contributed by atoms with Gasteiger partial charge in [0.15, 0.2) is 0 Å². The highest BCUT2D eigenvalue weighted by atomic mass is 79.9. The molecule has 0 bridgehead atoms. The monoisotopic (exact) mass is 340 g/mol. The maximum Gasteiger partial charge on any atom is 0.322 e. The van der Waals surface area contributed by atoms with Gasteiger partial charge in [-0.2, -0.15) is 0 Å². The third-order valence-corrected chi connectivity index (χ3v) is 4.09. The van der Waals surface area contributed by atoms with Crippen molar-refractivity contribution in [3.63, 3.8) is 0 Å². The van der Waals surface area contributed by atoms with Crippen LogP contribution < -0.4 is 5.32 Å². The Morgan fingerprint density at radius 2 is 2.15 bits per heavy atom. The molecule has 2 N–H and O–H groups in total. The van der Waals surface area contributed by atoms with Crippen molar-refractivity contribution in [1.29, 1.82) is 0 Å². The highest BCUT2D eigenvalue weighted by molar-refractivity contribution is 9.10. The van der Waals surface area contributed by atoms with E-state index >= 15 is 0 Å². The highest BCUT2D eigenvalue weighted by Crippen LogP contribution is 2.28. The molecule has 1 aromatic carbocycles. The fourth-order valence-electron chi connectivity index (χ4n) is 1.92. The van der Waals surface area contributed by atoms with Crippen LogP contribution >= 0.6 is 15.9 Å². The van der Waals surface area contributed by atoms with Gasteiger partial charge in [-0.3, -0.25) is 4.79 Å². The molecule has 0 atom stereocenters. The number of urea groups is 1. The van der Waals surface area contributed by atoms with Gasteiger partial charge in [-0.05, 0) is 37.5 Å². The van der Waals surface area contributed by atoms with Crippen LogP contribution in [0.25, 0.3) is 0 Å². The molecule has 108 valence electrons. The second kappa shape index (κ2) is 6.26. The first-order chi connectivity index (χ1) is 9.47. The SMILES string of the molecule is Cc1ccc(NC(=O)N(CCC(=O)O)C2CC2)cc1Br. The second-order valence-corrected chi connectivity index (χ2v) is 5.82. The van der Waals surface area contributed by atoms with E-state index in [0.717, 1.165) is 22.9 Å². The van der Waals surface area contributed by atoms with Gasteiger partial charge in [0.25, 0.3) is 0 Å². The largest absolute Gasteiger partial charge is 0.481 e. The van der Waals surface area contributed by atoms with Crippen LogP contribution in [0.1, 0.15) is 24.8 Å². The Hall–Kier alpha value is -1.56. The van der Waals surface area contributed by atoms with Crippen molar-refractivity contribution in [2.75, 3.05) is 11.9 Å². The first-order valence-corrected chi connectivity index (χ1v) is 7.32. The summed E-state index contributed by atoms with van der Waals surface area (Å²) in [6, 6.07) is 5.54. The van der Waals surface area contributed by atoms with Crippen molar-refractivity contribution in [1.82, 2.24) is 4.90 Å². The fourth-order valence-corrected chi connectivity index (χ4v) is 2.30. The number of hydrogen-bond donors (Lipinski definition) is 2. The minimum absolute atomic E-state index is 0.0263. The van der Waals surface area contributed by atoms with Crippen LogP contribution in [0.4, 0.5) is 10.5 Å². The number of benzene rings is 1. The Kier molecular flexibility index (Phi) is 4.65. The number of aliphatic carboxylic acids is 1. The summed E-state index contributed by atoms with van der Waals surface area (Å²) in [4.78, 5) is 24.5. The topological polar surface area (TPSA) is 69.6 Å². The fraction of sp³-hybridized carbons (Fsp3) is 0.429. The summed E-state index contributed by atoms with van der Waals surface area (Å²) in [5.41, 5.74) is 1.79. The average molecular weight is 341 g/mol. The summed E-state index contributed by atoms with van der Waals surface area (Å²) >= 11 is 3.42. The molecule has 20 heavy (non-hydrogen) atoms. The van der Waals surface area contributed by atoms with E-state index < -0.39 is 5.97 Å². The lowest BCUT2D eigenvalue weighted by Crippen LogP contribution is -2.38. The number of carboxylic acids is 1. The summed E-state index contributed by atoms with van der Waals surface area (Å²) in [7, 11) is 0. The lowest BCUT2D eigenvalue weighted by molar-refractivity contribution is -0.137. The molecule has 2 amide bonds. The summed E-state index contributed by atoms with van der Waals surface area (Å²) in [6.07, 6.45) is 1.87. The Morgan fingerprint density at radius 3 is 2.70 bits per heavy atom. The molecular weight excluding hydrogens is 324 g/mol. The molecule has 0 saturated heterocycles. The van der Waals surface area contributed by atoms with Gasteiger partial charge in [-0.25, -0.2) is 4.79 Å². The van der Waals surface area contributed by atoms with Gasteiger partial charge in [0, 0.05) is 22.7 Å². The van der Waals surface area contributed by atoms with E-state index in [-0.39, 0.29) is 25.0 Å². The number of anilines is 1. The number of nitrogens with one attached hydrogen (secondary N) is 1. The first kappa shape index (κ1) is 14.8. The Bertz CT molecular complexity index is 529. The van der Waals surface area contributed by atoms with E-state index in [1.54, 1.807) is 4.90 Å². The number of halogens is 1. The highest BCUT2D eigenvalue weighted by Gasteiger charge is 2.32. The van der Waals surface area contributed by atoms with Crippen molar-refractivity contribution in [3.05, 3.63) is 28.2 Å². The van der Waals surface area contributed by atoms with Gasteiger partial charge >= 0.3 is 12.0 Å². The van der Waals surface area contributed by atoms with Crippen LogP contribution in [0.2, 0.25) is 0 Å². The van der Waals surface area contributed by atoms with Crippen molar-refractivity contribution >= 4 is 33.6 Å². The predicted molar refractivity (Wildman–Crippen MR) is 79.9 cm³/mol. The van der Waals surface area contributed by atoms with Gasteiger partial charge in [0.1, 0.15) is 0 Å². The number of carbonyl (C=O) groups is 2. The third-order valence-electron chi connectivity index (χ3n) is 3.24. The van der Waals surface area contributed by atoms with E-state index in [1.807, 2.05) is 25.1 Å².